The van der Waals surface area contributed by atoms with Gasteiger partial charge in [-0.05, 0) is 43.2 Å². The Balaban J connectivity index is 2.27. The fraction of sp³-hybridized carbons (Fsp3) is 0.588. The zero-order valence-corrected chi connectivity index (χ0v) is 12.9. The number of benzene rings is 1. The highest BCUT2D eigenvalue weighted by atomic mass is 16.2. The predicted octanol–water partition coefficient (Wildman–Crippen LogP) is 3.04. The van der Waals surface area contributed by atoms with Gasteiger partial charge in [-0.1, -0.05) is 38.1 Å². The number of rotatable bonds is 4. The van der Waals surface area contributed by atoms with Crippen LogP contribution in [0.5, 0.6) is 0 Å². The maximum Gasteiger partial charge on any atom is 0.242 e. The van der Waals surface area contributed by atoms with Gasteiger partial charge in [-0.3, -0.25) is 4.79 Å². The Hall–Kier alpha value is -1.35. The summed E-state index contributed by atoms with van der Waals surface area (Å²) >= 11 is 0. The van der Waals surface area contributed by atoms with Crippen molar-refractivity contribution in [3.63, 3.8) is 0 Å². The van der Waals surface area contributed by atoms with Crippen molar-refractivity contribution < 1.29 is 4.79 Å². The van der Waals surface area contributed by atoms with Crippen LogP contribution < -0.4 is 5.73 Å². The lowest BCUT2D eigenvalue weighted by molar-refractivity contribution is -0.138. The second-order valence-electron chi connectivity index (χ2n) is 5.89. The van der Waals surface area contributed by atoms with E-state index in [4.69, 9.17) is 5.73 Å². The van der Waals surface area contributed by atoms with Crippen molar-refractivity contribution in [1.29, 1.82) is 0 Å². The van der Waals surface area contributed by atoms with Crippen molar-refractivity contribution in [2.24, 2.45) is 5.73 Å². The first-order valence-electron chi connectivity index (χ1n) is 7.67. The minimum absolute atomic E-state index is 0.0733. The van der Waals surface area contributed by atoms with Crippen molar-refractivity contribution in [2.45, 2.75) is 57.5 Å². The lowest BCUT2D eigenvalue weighted by Gasteiger charge is -2.38. The maximum atomic E-state index is 12.7. The molecule has 0 heterocycles. The first kappa shape index (κ1) is 15.0. The molecule has 0 saturated heterocycles. The third kappa shape index (κ3) is 2.59. The summed E-state index contributed by atoms with van der Waals surface area (Å²) in [6, 6.07) is 8.64. The Bertz CT molecular complexity index is 480. The van der Waals surface area contributed by atoms with Gasteiger partial charge in [0.05, 0.1) is 11.6 Å². The molecular weight excluding hydrogens is 248 g/mol. The Labute approximate surface area is 122 Å². The van der Waals surface area contributed by atoms with Gasteiger partial charge in [0.1, 0.15) is 0 Å². The van der Waals surface area contributed by atoms with Crippen LogP contribution in [-0.2, 0) is 11.2 Å². The van der Waals surface area contributed by atoms with E-state index in [9.17, 15) is 4.79 Å². The quantitative estimate of drug-likeness (QED) is 0.917. The van der Waals surface area contributed by atoms with Crippen LogP contribution in [-0.4, -0.2) is 23.4 Å². The zero-order valence-electron chi connectivity index (χ0n) is 12.9. The predicted molar refractivity (Wildman–Crippen MR) is 82.4 cm³/mol. The summed E-state index contributed by atoms with van der Waals surface area (Å²) in [5.74, 6) is 0.0733. The second-order valence-corrected chi connectivity index (χ2v) is 5.89. The van der Waals surface area contributed by atoms with Gasteiger partial charge in [-0.2, -0.15) is 0 Å². The minimum Gasteiger partial charge on any atom is -0.337 e. The zero-order chi connectivity index (χ0) is 14.8. The van der Waals surface area contributed by atoms with E-state index in [2.05, 4.69) is 24.3 Å². The highest BCUT2D eigenvalue weighted by Crippen LogP contribution is 2.34. The molecule has 1 aliphatic rings. The molecule has 3 heteroatoms. The average molecular weight is 274 g/mol. The molecule has 1 amide bonds. The molecule has 0 aromatic heterocycles. The van der Waals surface area contributed by atoms with E-state index in [0.717, 1.165) is 19.3 Å². The standard InChI is InChI=1S/C17H26N2O/c1-4-17(18,5-2)16(20)19(3)15-12-8-10-13-9-6-7-11-14(13)15/h6-7,9,11,15H,4-5,8,10,12,18H2,1-3H3. The molecule has 3 nitrogen and oxygen atoms in total. The molecular formula is C17H26N2O. The van der Waals surface area contributed by atoms with Gasteiger partial charge >= 0.3 is 0 Å². The molecule has 1 aromatic rings. The van der Waals surface area contributed by atoms with Crippen molar-refractivity contribution in [1.82, 2.24) is 4.90 Å². The minimum atomic E-state index is -0.721. The summed E-state index contributed by atoms with van der Waals surface area (Å²) in [5, 5.41) is 0. The Kier molecular flexibility index (Phi) is 4.48. The van der Waals surface area contributed by atoms with Crippen LogP contribution in [0.15, 0.2) is 24.3 Å². The number of likely N-dealkylation sites (N-methyl/N-ethyl adjacent to an activating group) is 1. The average Bonchev–Trinajstić information content (AvgIpc) is 2.52. The van der Waals surface area contributed by atoms with Crippen molar-refractivity contribution >= 4 is 5.91 Å². The Morgan fingerprint density at radius 1 is 1.35 bits per heavy atom. The summed E-state index contributed by atoms with van der Waals surface area (Å²) in [6.07, 6.45) is 4.64. The normalized spacial score (nSPS) is 18.5. The van der Waals surface area contributed by atoms with E-state index in [1.165, 1.54) is 11.1 Å². The molecule has 2 rings (SSSR count). The van der Waals surface area contributed by atoms with Crippen molar-refractivity contribution in [3.05, 3.63) is 35.4 Å². The van der Waals surface area contributed by atoms with Crippen LogP contribution in [0.25, 0.3) is 0 Å². The van der Waals surface area contributed by atoms with Crippen molar-refractivity contribution in [2.75, 3.05) is 7.05 Å². The summed E-state index contributed by atoms with van der Waals surface area (Å²) in [5.41, 5.74) is 8.22. The third-order valence-electron chi connectivity index (χ3n) is 4.81. The number of carbonyl (C=O) groups is 1. The van der Waals surface area contributed by atoms with Gasteiger partial charge in [0.2, 0.25) is 5.91 Å². The molecule has 0 bridgehead atoms. The molecule has 20 heavy (non-hydrogen) atoms. The number of hydrogen-bond donors (Lipinski definition) is 1. The fourth-order valence-corrected chi connectivity index (χ4v) is 3.18. The van der Waals surface area contributed by atoms with E-state index in [-0.39, 0.29) is 11.9 Å². The highest BCUT2D eigenvalue weighted by Gasteiger charge is 2.36. The molecule has 0 aliphatic heterocycles. The summed E-state index contributed by atoms with van der Waals surface area (Å²) in [6.45, 7) is 3.98. The van der Waals surface area contributed by atoms with Gasteiger partial charge < -0.3 is 10.6 Å². The third-order valence-corrected chi connectivity index (χ3v) is 4.81. The van der Waals surface area contributed by atoms with Gasteiger partial charge in [-0.25, -0.2) is 0 Å². The first-order chi connectivity index (χ1) is 9.53. The molecule has 1 unspecified atom stereocenters. The molecule has 1 atom stereocenters. The van der Waals surface area contributed by atoms with Gasteiger partial charge in [-0.15, -0.1) is 0 Å². The summed E-state index contributed by atoms with van der Waals surface area (Å²) < 4.78 is 0. The van der Waals surface area contributed by atoms with E-state index >= 15 is 0 Å². The molecule has 1 aromatic carbocycles. The highest BCUT2D eigenvalue weighted by molar-refractivity contribution is 5.86. The first-order valence-corrected chi connectivity index (χ1v) is 7.67. The summed E-state index contributed by atoms with van der Waals surface area (Å²) in [4.78, 5) is 14.6. The molecule has 1 aliphatic carbocycles. The number of hydrogen-bond acceptors (Lipinski definition) is 2. The monoisotopic (exact) mass is 274 g/mol. The molecule has 0 spiro atoms. The number of aryl methyl sites for hydroxylation is 1. The summed E-state index contributed by atoms with van der Waals surface area (Å²) in [7, 11) is 1.90. The SMILES string of the molecule is CCC(N)(CC)C(=O)N(C)C1CCCc2ccccc21. The van der Waals surface area contributed by atoms with Crippen molar-refractivity contribution in [3.8, 4) is 0 Å². The van der Waals surface area contributed by atoms with E-state index in [0.29, 0.717) is 12.8 Å². The number of carbonyl (C=O) groups excluding carboxylic acids is 1. The lowest BCUT2D eigenvalue weighted by Crippen LogP contribution is -2.54. The fourth-order valence-electron chi connectivity index (χ4n) is 3.18. The van der Waals surface area contributed by atoms with E-state index < -0.39 is 5.54 Å². The van der Waals surface area contributed by atoms with Gasteiger partial charge in [0.15, 0.2) is 0 Å². The van der Waals surface area contributed by atoms with Crippen LogP contribution in [0, 0.1) is 0 Å². The topological polar surface area (TPSA) is 46.3 Å². The second kappa shape index (κ2) is 5.96. The van der Waals surface area contributed by atoms with E-state index in [1.54, 1.807) is 0 Å². The van der Waals surface area contributed by atoms with Gasteiger partial charge in [0, 0.05) is 7.05 Å². The lowest BCUT2D eigenvalue weighted by atomic mass is 9.85. The number of nitrogens with zero attached hydrogens (tertiary/aromatic N) is 1. The number of amides is 1. The van der Waals surface area contributed by atoms with Crippen LogP contribution in [0.3, 0.4) is 0 Å². The maximum absolute atomic E-state index is 12.7. The number of nitrogens with two attached hydrogens (primary N) is 1. The van der Waals surface area contributed by atoms with Crippen LogP contribution >= 0.6 is 0 Å². The van der Waals surface area contributed by atoms with Gasteiger partial charge in [0.25, 0.3) is 0 Å². The van der Waals surface area contributed by atoms with E-state index in [1.807, 2.05) is 25.8 Å². The Morgan fingerprint density at radius 3 is 2.65 bits per heavy atom. The van der Waals surface area contributed by atoms with Crippen LogP contribution in [0.1, 0.15) is 56.7 Å². The molecule has 0 fully saturated rings. The smallest absolute Gasteiger partial charge is 0.242 e. The largest absolute Gasteiger partial charge is 0.337 e. The molecule has 0 saturated carbocycles. The molecule has 0 radical (unpaired) electrons. The number of fused-ring (bicyclic) bond motifs is 1. The molecule has 2 N–H and O–H groups in total. The Morgan fingerprint density at radius 2 is 2.00 bits per heavy atom. The van der Waals surface area contributed by atoms with Crippen LogP contribution in [0.2, 0.25) is 0 Å². The van der Waals surface area contributed by atoms with Crippen LogP contribution in [0.4, 0.5) is 0 Å². The molecule has 110 valence electrons.